The summed E-state index contributed by atoms with van der Waals surface area (Å²) in [6.07, 6.45) is -0.820. The van der Waals surface area contributed by atoms with Gasteiger partial charge in [0.05, 0.1) is 11.9 Å². The molecule has 0 bridgehead atoms. The number of halogens is 1. The molecule has 0 aliphatic heterocycles. The number of carbonyl (C=O) groups excluding carboxylic acids is 1. The highest BCUT2D eigenvalue weighted by Crippen LogP contribution is 2.08. The molecule has 0 heterocycles. The Bertz CT molecular complexity index is 367. The van der Waals surface area contributed by atoms with E-state index in [-0.39, 0.29) is 12.3 Å². The number of carbonyl (C=O) groups is 2. The molecule has 1 atom stereocenters. The summed E-state index contributed by atoms with van der Waals surface area (Å²) in [6, 6.07) is 9.33. The van der Waals surface area contributed by atoms with Crippen LogP contribution in [0.3, 0.4) is 0 Å². The zero-order chi connectivity index (χ0) is 12.0. The van der Waals surface area contributed by atoms with Gasteiger partial charge < -0.3 is 10.4 Å². The van der Waals surface area contributed by atoms with Crippen LogP contribution in [-0.4, -0.2) is 28.9 Å². The lowest BCUT2D eigenvalue weighted by Crippen LogP contribution is -2.33. The van der Waals surface area contributed by atoms with Crippen LogP contribution in [0.1, 0.15) is 5.56 Å². The van der Waals surface area contributed by atoms with E-state index in [0.29, 0.717) is 6.42 Å². The number of nitrogens with one attached hydrogen (secondary N) is 1. The maximum absolute atomic E-state index is 11.4. The lowest BCUT2D eigenvalue weighted by molar-refractivity contribution is -0.117. The van der Waals surface area contributed by atoms with Crippen LogP contribution in [0.4, 0.5) is 4.79 Å². The minimum atomic E-state index is -1.23. The van der Waals surface area contributed by atoms with E-state index < -0.39 is 11.5 Å². The van der Waals surface area contributed by atoms with Gasteiger partial charge in [0.15, 0.2) is 5.78 Å². The molecule has 2 N–H and O–H groups in total. The van der Waals surface area contributed by atoms with E-state index in [4.69, 9.17) is 16.7 Å². The molecule has 0 spiro atoms. The average Bonchev–Trinajstić information content (AvgIpc) is 2.27. The SMILES string of the molecule is O=C(O)NCC(=O)[C@@H](Cl)Cc1ccccc1. The molecule has 4 nitrogen and oxygen atoms in total. The summed E-state index contributed by atoms with van der Waals surface area (Å²) in [7, 11) is 0. The summed E-state index contributed by atoms with van der Waals surface area (Å²) in [5.41, 5.74) is 0.950. The molecular weight excluding hydrogens is 230 g/mol. The topological polar surface area (TPSA) is 66.4 Å². The fraction of sp³-hybridized carbons (Fsp3) is 0.273. The molecule has 0 radical (unpaired) electrons. The Kier molecular flexibility index (Phi) is 4.79. The fourth-order valence-corrected chi connectivity index (χ4v) is 1.46. The van der Waals surface area contributed by atoms with Crippen LogP contribution in [0.2, 0.25) is 0 Å². The van der Waals surface area contributed by atoms with Crippen molar-refractivity contribution < 1.29 is 14.7 Å². The minimum Gasteiger partial charge on any atom is -0.465 e. The normalized spacial score (nSPS) is 11.8. The van der Waals surface area contributed by atoms with E-state index in [9.17, 15) is 9.59 Å². The third-order valence-corrected chi connectivity index (χ3v) is 2.42. The Labute approximate surface area is 98.2 Å². The summed E-state index contributed by atoms with van der Waals surface area (Å²) in [4.78, 5) is 21.6. The Balaban J connectivity index is 2.43. The van der Waals surface area contributed by atoms with Gasteiger partial charge in [-0.15, -0.1) is 11.6 Å². The third kappa shape index (κ3) is 4.31. The highest BCUT2D eigenvalue weighted by Gasteiger charge is 2.16. The molecule has 1 rings (SSSR count). The zero-order valence-corrected chi connectivity index (χ0v) is 9.28. The minimum absolute atomic E-state index is 0.254. The number of hydrogen-bond acceptors (Lipinski definition) is 2. The summed E-state index contributed by atoms with van der Waals surface area (Å²) >= 11 is 5.87. The Hall–Kier alpha value is -1.55. The second kappa shape index (κ2) is 6.12. The summed E-state index contributed by atoms with van der Waals surface area (Å²) in [5.74, 6) is -0.326. The molecule has 1 aromatic rings. The number of rotatable bonds is 5. The van der Waals surface area contributed by atoms with Crippen molar-refractivity contribution in [2.45, 2.75) is 11.8 Å². The fourth-order valence-electron chi connectivity index (χ4n) is 1.21. The number of carboxylic acid groups (broad SMARTS) is 1. The molecular formula is C11H12ClNO3. The first kappa shape index (κ1) is 12.5. The van der Waals surface area contributed by atoms with Gasteiger partial charge in [-0.05, 0) is 12.0 Å². The summed E-state index contributed by atoms with van der Waals surface area (Å²) in [5, 5.41) is 9.62. The lowest BCUT2D eigenvalue weighted by atomic mass is 10.1. The lowest BCUT2D eigenvalue weighted by Gasteiger charge is -2.08. The van der Waals surface area contributed by atoms with Gasteiger partial charge in [-0.2, -0.15) is 0 Å². The van der Waals surface area contributed by atoms with Crippen molar-refractivity contribution in [3.8, 4) is 0 Å². The van der Waals surface area contributed by atoms with Crippen molar-refractivity contribution in [3.63, 3.8) is 0 Å². The molecule has 0 aliphatic rings. The predicted molar refractivity (Wildman–Crippen MR) is 60.8 cm³/mol. The Morgan fingerprint density at radius 2 is 1.94 bits per heavy atom. The van der Waals surface area contributed by atoms with Gasteiger partial charge in [-0.3, -0.25) is 4.79 Å². The van der Waals surface area contributed by atoms with Crippen LogP contribution in [0.25, 0.3) is 0 Å². The van der Waals surface area contributed by atoms with Crippen LogP contribution < -0.4 is 5.32 Å². The second-order valence-corrected chi connectivity index (χ2v) is 3.81. The smallest absolute Gasteiger partial charge is 0.405 e. The van der Waals surface area contributed by atoms with Gasteiger partial charge in [0.1, 0.15) is 0 Å². The second-order valence-electron chi connectivity index (χ2n) is 3.28. The van der Waals surface area contributed by atoms with E-state index in [2.05, 4.69) is 0 Å². The number of benzene rings is 1. The molecule has 1 aromatic carbocycles. The van der Waals surface area contributed by atoms with Gasteiger partial charge >= 0.3 is 6.09 Å². The van der Waals surface area contributed by atoms with Crippen molar-refractivity contribution in [2.75, 3.05) is 6.54 Å². The maximum Gasteiger partial charge on any atom is 0.405 e. The molecule has 0 unspecified atom stereocenters. The van der Waals surface area contributed by atoms with Crippen LogP contribution in [0, 0.1) is 0 Å². The molecule has 0 aromatic heterocycles. The maximum atomic E-state index is 11.4. The van der Waals surface area contributed by atoms with Gasteiger partial charge in [0, 0.05) is 0 Å². The van der Waals surface area contributed by atoms with E-state index in [1.165, 1.54) is 0 Å². The predicted octanol–water partition coefficient (Wildman–Crippen LogP) is 1.67. The molecule has 1 amide bonds. The first-order chi connectivity index (χ1) is 7.59. The molecule has 86 valence electrons. The summed E-state index contributed by atoms with van der Waals surface area (Å²) < 4.78 is 0. The van der Waals surface area contributed by atoms with Gasteiger partial charge in [-0.1, -0.05) is 30.3 Å². The van der Waals surface area contributed by atoms with Crippen LogP contribution in [0.15, 0.2) is 30.3 Å². The van der Waals surface area contributed by atoms with Crippen LogP contribution in [0.5, 0.6) is 0 Å². The van der Waals surface area contributed by atoms with E-state index >= 15 is 0 Å². The monoisotopic (exact) mass is 241 g/mol. The number of alkyl halides is 1. The van der Waals surface area contributed by atoms with Gasteiger partial charge in [-0.25, -0.2) is 4.79 Å². The van der Waals surface area contributed by atoms with Gasteiger partial charge in [0.25, 0.3) is 0 Å². The van der Waals surface area contributed by atoms with Crippen molar-refractivity contribution in [2.24, 2.45) is 0 Å². The number of Topliss-reactive ketones (excluding diaryl/α,β-unsaturated/α-hetero) is 1. The average molecular weight is 242 g/mol. The molecule has 0 aliphatic carbocycles. The zero-order valence-electron chi connectivity index (χ0n) is 8.52. The van der Waals surface area contributed by atoms with Crippen molar-refractivity contribution in [3.05, 3.63) is 35.9 Å². The molecule has 16 heavy (non-hydrogen) atoms. The first-order valence-electron chi connectivity index (χ1n) is 4.77. The molecule has 0 fully saturated rings. The van der Waals surface area contributed by atoms with Crippen LogP contribution >= 0.6 is 11.6 Å². The highest BCUT2D eigenvalue weighted by molar-refractivity contribution is 6.31. The Morgan fingerprint density at radius 3 is 2.50 bits per heavy atom. The number of hydrogen-bond donors (Lipinski definition) is 2. The number of ketones is 1. The van der Waals surface area contributed by atoms with E-state index in [1.807, 2.05) is 35.6 Å². The van der Waals surface area contributed by atoms with Crippen LogP contribution in [-0.2, 0) is 11.2 Å². The van der Waals surface area contributed by atoms with Crippen molar-refractivity contribution in [1.82, 2.24) is 5.32 Å². The number of amides is 1. The van der Waals surface area contributed by atoms with Crippen molar-refractivity contribution >= 4 is 23.5 Å². The first-order valence-corrected chi connectivity index (χ1v) is 5.20. The molecule has 0 saturated heterocycles. The van der Waals surface area contributed by atoms with Gasteiger partial charge in [0.2, 0.25) is 0 Å². The highest BCUT2D eigenvalue weighted by atomic mass is 35.5. The summed E-state index contributed by atoms with van der Waals surface area (Å²) in [6.45, 7) is -0.254. The Morgan fingerprint density at radius 1 is 1.31 bits per heavy atom. The quantitative estimate of drug-likeness (QED) is 0.771. The molecule has 0 saturated carbocycles. The van der Waals surface area contributed by atoms with E-state index in [1.54, 1.807) is 0 Å². The van der Waals surface area contributed by atoms with Crippen molar-refractivity contribution in [1.29, 1.82) is 0 Å². The largest absolute Gasteiger partial charge is 0.465 e. The molecule has 5 heteroatoms. The standard InChI is InChI=1S/C11H12ClNO3/c12-9(10(14)7-13-11(15)16)6-8-4-2-1-3-5-8/h1-5,9,13H,6-7H2,(H,15,16)/t9-/m0/s1. The van der Waals surface area contributed by atoms with E-state index in [0.717, 1.165) is 5.56 Å². The third-order valence-electron chi connectivity index (χ3n) is 2.02.